The molecule has 0 spiro atoms. The molecule has 0 aliphatic rings. The van der Waals surface area contributed by atoms with Crippen molar-refractivity contribution >= 4 is 72.4 Å². The van der Waals surface area contributed by atoms with E-state index >= 15 is 0 Å². The van der Waals surface area contributed by atoms with Gasteiger partial charge in [0.05, 0.1) is 11.1 Å². The number of thioether (sulfide) groups is 1. The zero-order valence-electron chi connectivity index (χ0n) is 15.3. The van der Waals surface area contributed by atoms with Crippen LogP contribution in [0.5, 0.6) is 0 Å². The number of rotatable bonds is 5. The highest BCUT2D eigenvalue weighted by molar-refractivity contribution is 9.10. The van der Waals surface area contributed by atoms with Crippen molar-refractivity contribution in [3.05, 3.63) is 69.2 Å². The van der Waals surface area contributed by atoms with Gasteiger partial charge in [-0.15, -0.1) is 11.3 Å². The van der Waals surface area contributed by atoms with Gasteiger partial charge in [0.2, 0.25) is 5.91 Å². The number of fused-ring (bicyclic) bond motifs is 1. The Morgan fingerprint density at radius 2 is 2.00 bits per heavy atom. The minimum Gasteiger partial charge on any atom is -0.325 e. The van der Waals surface area contributed by atoms with Crippen LogP contribution in [0.4, 0.5) is 5.69 Å². The van der Waals surface area contributed by atoms with E-state index in [0.717, 1.165) is 42.1 Å². The van der Waals surface area contributed by atoms with Crippen molar-refractivity contribution in [3.8, 4) is 11.1 Å². The summed E-state index contributed by atoms with van der Waals surface area (Å²) >= 11 is 12.4. The number of carbonyl (C=O) groups excluding carboxylic acids is 1. The summed E-state index contributed by atoms with van der Waals surface area (Å²) in [7, 11) is 0. The van der Waals surface area contributed by atoms with E-state index in [1.807, 2.05) is 49.4 Å². The Bertz CT molecular complexity index is 1190. The van der Waals surface area contributed by atoms with Gasteiger partial charge in [0.15, 0.2) is 0 Å². The van der Waals surface area contributed by atoms with E-state index in [1.54, 1.807) is 17.7 Å². The van der Waals surface area contributed by atoms with E-state index in [1.165, 1.54) is 11.8 Å². The second-order valence-corrected chi connectivity index (χ2v) is 9.49. The number of nitrogens with zero attached hydrogens (tertiary/aromatic N) is 2. The summed E-state index contributed by atoms with van der Waals surface area (Å²) in [5.41, 5.74) is 3.91. The average Bonchev–Trinajstić information content (AvgIpc) is 3.14. The molecule has 0 saturated heterocycles. The molecule has 0 aliphatic carbocycles. The lowest BCUT2D eigenvalue weighted by Gasteiger charge is -2.09. The van der Waals surface area contributed by atoms with Crippen LogP contribution < -0.4 is 5.32 Å². The van der Waals surface area contributed by atoms with Crippen molar-refractivity contribution in [3.63, 3.8) is 0 Å². The number of thiophene rings is 1. The van der Waals surface area contributed by atoms with Crippen LogP contribution in [-0.4, -0.2) is 21.6 Å². The van der Waals surface area contributed by atoms with Gasteiger partial charge in [-0.2, -0.15) is 0 Å². The first-order valence-electron chi connectivity index (χ1n) is 8.68. The van der Waals surface area contributed by atoms with Crippen molar-refractivity contribution in [2.24, 2.45) is 0 Å². The number of amides is 1. The van der Waals surface area contributed by atoms with Gasteiger partial charge >= 0.3 is 0 Å². The highest BCUT2D eigenvalue weighted by Gasteiger charge is 2.15. The maximum atomic E-state index is 12.5. The number of anilines is 1. The zero-order chi connectivity index (χ0) is 20.4. The van der Waals surface area contributed by atoms with Crippen LogP contribution in [0, 0.1) is 6.92 Å². The third-order valence-corrected chi connectivity index (χ3v) is 6.91. The van der Waals surface area contributed by atoms with E-state index in [2.05, 4.69) is 36.6 Å². The first kappa shape index (κ1) is 20.3. The Balaban J connectivity index is 1.55. The molecule has 146 valence electrons. The standard InChI is InChI=1S/C21H15BrClN3OS2/c1-12-8-14(22)4-7-17(12)26-18(27)10-29-21-19-16(9-28-20(19)24-11-25-21)13-2-5-15(23)6-3-13/h2-9,11H,10H2,1H3,(H,26,27). The number of hydrogen-bond acceptors (Lipinski definition) is 5. The number of nitrogens with one attached hydrogen (secondary N) is 1. The number of hydrogen-bond donors (Lipinski definition) is 1. The third-order valence-electron chi connectivity index (χ3n) is 4.29. The summed E-state index contributed by atoms with van der Waals surface area (Å²) in [4.78, 5) is 22.2. The molecule has 0 unspecified atom stereocenters. The lowest BCUT2D eigenvalue weighted by Crippen LogP contribution is -2.15. The fourth-order valence-electron chi connectivity index (χ4n) is 2.89. The molecule has 29 heavy (non-hydrogen) atoms. The molecule has 4 aromatic rings. The van der Waals surface area contributed by atoms with E-state index in [4.69, 9.17) is 11.6 Å². The molecule has 4 rings (SSSR count). The smallest absolute Gasteiger partial charge is 0.234 e. The summed E-state index contributed by atoms with van der Waals surface area (Å²) in [6.45, 7) is 1.96. The van der Waals surface area contributed by atoms with Gasteiger partial charge in [0.1, 0.15) is 16.2 Å². The molecule has 2 aromatic heterocycles. The average molecular weight is 505 g/mol. The second-order valence-electron chi connectivity index (χ2n) is 6.31. The van der Waals surface area contributed by atoms with Crippen LogP contribution >= 0.6 is 50.6 Å². The predicted molar refractivity (Wildman–Crippen MR) is 126 cm³/mol. The van der Waals surface area contributed by atoms with E-state index < -0.39 is 0 Å². The summed E-state index contributed by atoms with van der Waals surface area (Å²) in [6, 6.07) is 13.5. The van der Waals surface area contributed by atoms with Crippen molar-refractivity contribution in [2.45, 2.75) is 11.9 Å². The minimum absolute atomic E-state index is 0.0737. The first-order valence-corrected chi connectivity index (χ1v) is 11.7. The lowest BCUT2D eigenvalue weighted by atomic mass is 10.1. The quantitative estimate of drug-likeness (QED) is 0.239. The molecule has 2 aromatic carbocycles. The second kappa shape index (κ2) is 8.83. The van der Waals surface area contributed by atoms with E-state index in [9.17, 15) is 4.79 Å². The number of aromatic nitrogens is 2. The highest BCUT2D eigenvalue weighted by atomic mass is 79.9. The largest absolute Gasteiger partial charge is 0.325 e. The predicted octanol–water partition coefficient (Wildman–Crippen LogP) is 6.81. The monoisotopic (exact) mass is 503 g/mol. The van der Waals surface area contributed by atoms with Gasteiger partial charge < -0.3 is 5.32 Å². The molecule has 1 amide bonds. The fraction of sp³-hybridized carbons (Fsp3) is 0.0952. The number of benzene rings is 2. The Hall–Kier alpha value is -1.93. The molecule has 1 N–H and O–H groups in total. The van der Waals surface area contributed by atoms with Crippen LogP contribution in [0.1, 0.15) is 5.56 Å². The van der Waals surface area contributed by atoms with Crippen molar-refractivity contribution in [1.29, 1.82) is 0 Å². The zero-order valence-corrected chi connectivity index (χ0v) is 19.3. The minimum atomic E-state index is -0.0737. The Kier molecular flexibility index (Phi) is 6.20. The Morgan fingerprint density at radius 3 is 2.76 bits per heavy atom. The molecule has 8 heteroatoms. The number of aryl methyl sites for hydroxylation is 1. The molecule has 0 fully saturated rings. The van der Waals surface area contributed by atoms with Gasteiger partial charge in [0, 0.05) is 26.1 Å². The van der Waals surface area contributed by atoms with Crippen molar-refractivity contribution in [2.75, 3.05) is 11.1 Å². The normalized spacial score (nSPS) is 11.0. The third kappa shape index (κ3) is 4.64. The van der Waals surface area contributed by atoms with Gasteiger partial charge in [-0.05, 0) is 48.4 Å². The summed E-state index contributed by atoms with van der Waals surface area (Å²) in [5, 5.41) is 7.49. The van der Waals surface area contributed by atoms with Crippen LogP contribution in [0.25, 0.3) is 21.3 Å². The van der Waals surface area contributed by atoms with Crippen molar-refractivity contribution < 1.29 is 4.79 Å². The van der Waals surface area contributed by atoms with Gasteiger partial charge in [-0.3, -0.25) is 4.79 Å². The van der Waals surface area contributed by atoms with Crippen LogP contribution in [0.3, 0.4) is 0 Å². The van der Waals surface area contributed by atoms with E-state index in [-0.39, 0.29) is 11.7 Å². The van der Waals surface area contributed by atoms with Crippen LogP contribution in [0.2, 0.25) is 5.02 Å². The molecule has 0 saturated carbocycles. The summed E-state index contributed by atoms with van der Waals surface area (Å²) in [5.74, 6) is 0.188. The van der Waals surface area contributed by atoms with Crippen molar-refractivity contribution in [1.82, 2.24) is 9.97 Å². The highest BCUT2D eigenvalue weighted by Crippen LogP contribution is 2.38. The summed E-state index contributed by atoms with van der Waals surface area (Å²) < 4.78 is 0.984. The molecule has 0 radical (unpaired) electrons. The molecular formula is C21H15BrClN3OS2. The molecule has 0 atom stereocenters. The fourth-order valence-corrected chi connectivity index (χ4v) is 5.28. The van der Waals surface area contributed by atoms with Gasteiger partial charge in [-0.1, -0.05) is 51.4 Å². The van der Waals surface area contributed by atoms with Crippen LogP contribution in [-0.2, 0) is 4.79 Å². The maximum Gasteiger partial charge on any atom is 0.234 e. The topological polar surface area (TPSA) is 54.9 Å². The van der Waals surface area contributed by atoms with Gasteiger partial charge in [0.25, 0.3) is 0 Å². The SMILES string of the molecule is Cc1cc(Br)ccc1NC(=O)CSc1ncnc2scc(-c3ccc(Cl)cc3)c12. The Morgan fingerprint density at radius 1 is 1.21 bits per heavy atom. The van der Waals surface area contributed by atoms with E-state index in [0.29, 0.717) is 5.02 Å². The maximum absolute atomic E-state index is 12.5. The Labute approximate surface area is 189 Å². The number of carbonyl (C=O) groups is 1. The summed E-state index contributed by atoms with van der Waals surface area (Å²) in [6.07, 6.45) is 1.55. The first-order chi connectivity index (χ1) is 14.0. The van der Waals surface area contributed by atoms with Gasteiger partial charge in [-0.25, -0.2) is 9.97 Å². The lowest BCUT2D eigenvalue weighted by molar-refractivity contribution is -0.113. The number of halogens is 2. The molecular weight excluding hydrogens is 490 g/mol. The molecule has 0 bridgehead atoms. The molecule has 0 aliphatic heterocycles. The molecule has 4 nitrogen and oxygen atoms in total. The van der Waals surface area contributed by atoms with Crippen LogP contribution in [0.15, 0.2) is 63.7 Å². The molecule has 2 heterocycles.